The first-order valence-corrected chi connectivity index (χ1v) is 10.8. The molecule has 174 valence electrons. The summed E-state index contributed by atoms with van der Waals surface area (Å²) in [5.41, 5.74) is 10.4. The van der Waals surface area contributed by atoms with Gasteiger partial charge in [0.05, 0.1) is 0 Å². The van der Waals surface area contributed by atoms with Crippen molar-refractivity contribution in [2.75, 3.05) is 20.1 Å². The number of hydrogen-bond acceptors (Lipinski definition) is 5. The van der Waals surface area contributed by atoms with E-state index in [1.165, 1.54) is 31.2 Å². The SMILES string of the molecule is C=C/C=C(\C=C)CNC(=C)C1CCCN1C.C=CC/C(C=N)=C(\C)N.Cc1cccnc1. The highest BCUT2D eigenvalue weighted by atomic mass is 15.2. The van der Waals surface area contributed by atoms with Crippen LogP contribution in [0.1, 0.15) is 31.7 Å². The highest BCUT2D eigenvalue weighted by Crippen LogP contribution is 2.19. The van der Waals surface area contributed by atoms with Crippen LogP contribution in [0.25, 0.3) is 0 Å². The minimum Gasteiger partial charge on any atom is -0.402 e. The van der Waals surface area contributed by atoms with E-state index in [-0.39, 0.29) is 0 Å². The molecule has 1 aliphatic rings. The monoisotopic (exact) mass is 435 g/mol. The molecule has 32 heavy (non-hydrogen) atoms. The smallest absolute Gasteiger partial charge is 0.0486 e. The van der Waals surface area contributed by atoms with E-state index < -0.39 is 0 Å². The summed E-state index contributed by atoms with van der Waals surface area (Å²) in [5, 5.41) is 10.3. The Morgan fingerprint density at radius 2 is 2.09 bits per heavy atom. The van der Waals surface area contributed by atoms with Gasteiger partial charge in [0.2, 0.25) is 0 Å². The van der Waals surface area contributed by atoms with E-state index in [1.54, 1.807) is 25.3 Å². The van der Waals surface area contributed by atoms with Gasteiger partial charge in [-0.25, -0.2) is 0 Å². The number of nitrogens with one attached hydrogen (secondary N) is 2. The summed E-state index contributed by atoms with van der Waals surface area (Å²) in [6.07, 6.45) is 15.3. The maximum absolute atomic E-state index is 6.88. The van der Waals surface area contributed by atoms with Crippen LogP contribution in [0.3, 0.4) is 0 Å². The minimum absolute atomic E-state index is 0.481. The van der Waals surface area contributed by atoms with Crippen molar-refractivity contribution in [2.24, 2.45) is 5.73 Å². The average Bonchev–Trinajstić information content (AvgIpc) is 3.22. The third-order valence-corrected chi connectivity index (χ3v) is 4.89. The quantitative estimate of drug-likeness (QED) is 0.279. The molecule has 1 unspecified atom stereocenters. The van der Waals surface area contributed by atoms with E-state index >= 15 is 0 Å². The summed E-state index contributed by atoms with van der Waals surface area (Å²) < 4.78 is 0. The normalized spacial score (nSPS) is 16.2. The second kappa shape index (κ2) is 17.5. The molecule has 0 aromatic carbocycles. The van der Waals surface area contributed by atoms with Crippen molar-refractivity contribution in [3.8, 4) is 0 Å². The Balaban J connectivity index is 0.000000505. The molecular formula is C27H41N5. The number of allylic oxidation sites excluding steroid dienone is 5. The number of likely N-dealkylation sites (tertiary alicyclic amines) is 1. The van der Waals surface area contributed by atoms with Gasteiger partial charge in [-0.3, -0.25) is 9.88 Å². The Bertz CT molecular complexity index is 786. The molecule has 0 aliphatic carbocycles. The Kier molecular flexibility index (Phi) is 15.8. The molecule has 1 atom stereocenters. The predicted octanol–water partition coefficient (Wildman–Crippen LogP) is 5.32. The summed E-state index contributed by atoms with van der Waals surface area (Å²) in [4.78, 5) is 6.23. The number of aryl methyl sites for hydroxylation is 1. The fraction of sp³-hybridized carbons (Fsp3) is 0.333. The van der Waals surface area contributed by atoms with E-state index in [4.69, 9.17) is 11.1 Å². The van der Waals surface area contributed by atoms with E-state index in [0.717, 1.165) is 23.4 Å². The predicted molar refractivity (Wildman–Crippen MR) is 141 cm³/mol. The fourth-order valence-electron chi connectivity index (χ4n) is 2.97. The molecule has 4 N–H and O–H groups in total. The maximum atomic E-state index is 6.88. The van der Waals surface area contributed by atoms with Crippen LogP contribution in [0.4, 0.5) is 0 Å². The molecule has 2 heterocycles. The van der Waals surface area contributed by atoms with Gasteiger partial charge in [-0.15, -0.1) is 6.58 Å². The van der Waals surface area contributed by atoms with Gasteiger partial charge in [-0.05, 0) is 69.5 Å². The van der Waals surface area contributed by atoms with Crippen molar-refractivity contribution in [1.82, 2.24) is 15.2 Å². The Morgan fingerprint density at radius 3 is 2.44 bits per heavy atom. The first-order chi connectivity index (χ1) is 15.3. The van der Waals surface area contributed by atoms with Crippen molar-refractivity contribution in [3.05, 3.63) is 103 Å². The number of rotatable bonds is 9. The molecule has 0 saturated carbocycles. The topological polar surface area (TPSA) is 78.0 Å². The van der Waals surface area contributed by atoms with E-state index in [0.29, 0.717) is 18.2 Å². The van der Waals surface area contributed by atoms with Crippen molar-refractivity contribution in [1.29, 1.82) is 5.41 Å². The van der Waals surface area contributed by atoms with Gasteiger partial charge in [0.25, 0.3) is 0 Å². The molecule has 1 aromatic rings. The minimum atomic E-state index is 0.481. The fourth-order valence-corrected chi connectivity index (χ4v) is 2.97. The van der Waals surface area contributed by atoms with Crippen LogP contribution in [0.15, 0.2) is 97.7 Å². The first kappa shape index (κ1) is 28.8. The van der Waals surface area contributed by atoms with Crippen molar-refractivity contribution in [2.45, 2.75) is 39.2 Å². The van der Waals surface area contributed by atoms with Gasteiger partial charge in [-0.1, -0.05) is 50.1 Å². The highest BCUT2D eigenvalue weighted by molar-refractivity contribution is 5.76. The number of likely N-dealkylation sites (N-methyl/N-ethyl adjacent to an activating group) is 1. The van der Waals surface area contributed by atoms with Crippen LogP contribution in [0.5, 0.6) is 0 Å². The lowest BCUT2D eigenvalue weighted by molar-refractivity contribution is 0.335. The molecule has 5 nitrogen and oxygen atoms in total. The lowest BCUT2D eigenvalue weighted by atomic mass is 10.1. The first-order valence-electron chi connectivity index (χ1n) is 10.8. The molecule has 0 bridgehead atoms. The molecule has 1 aromatic heterocycles. The molecule has 0 amide bonds. The van der Waals surface area contributed by atoms with Crippen LogP contribution in [0, 0.1) is 12.3 Å². The lowest BCUT2D eigenvalue weighted by Gasteiger charge is -2.23. The van der Waals surface area contributed by atoms with Crippen LogP contribution >= 0.6 is 0 Å². The summed E-state index contributed by atoms with van der Waals surface area (Å²) in [7, 11) is 2.15. The number of aromatic nitrogens is 1. The third kappa shape index (κ3) is 12.5. The maximum Gasteiger partial charge on any atom is 0.0486 e. The summed E-state index contributed by atoms with van der Waals surface area (Å²) in [6.45, 7) is 20.9. The number of nitrogens with two attached hydrogens (primary N) is 1. The van der Waals surface area contributed by atoms with Crippen molar-refractivity contribution < 1.29 is 0 Å². The largest absolute Gasteiger partial charge is 0.402 e. The van der Waals surface area contributed by atoms with Gasteiger partial charge in [0.1, 0.15) is 0 Å². The summed E-state index contributed by atoms with van der Waals surface area (Å²) in [5.74, 6) is 0. The number of pyridine rings is 1. The Hall–Kier alpha value is -3.18. The summed E-state index contributed by atoms with van der Waals surface area (Å²) in [6, 6.07) is 4.43. The Labute approximate surface area is 195 Å². The molecule has 1 aliphatic heterocycles. The lowest BCUT2D eigenvalue weighted by Crippen LogP contribution is -2.33. The zero-order chi connectivity index (χ0) is 24.4. The van der Waals surface area contributed by atoms with Crippen LogP contribution < -0.4 is 11.1 Å². The molecule has 0 spiro atoms. The van der Waals surface area contributed by atoms with Gasteiger partial charge < -0.3 is 16.5 Å². The second-order valence-corrected chi connectivity index (χ2v) is 7.57. The Morgan fingerprint density at radius 1 is 1.38 bits per heavy atom. The van der Waals surface area contributed by atoms with E-state index in [1.807, 2.05) is 37.4 Å². The molecule has 0 radical (unpaired) electrons. The molecule has 1 saturated heterocycles. The zero-order valence-corrected chi connectivity index (χ0v) is 20.1. The molecule has 5 heteroatoms. The van der Waals surface area contributed by atoms with Gasteiger partial charge >= 0.3 is 0 Å². The summed E-state index contributed by atoms with van der Waals surface area (Å²) >= 11 is 0. The van der Waals surface area contributed by atoms with E-state index in [2.05, 4.69) is 48.6 Å². The molecule has 2 rings (SSSR count). The van der Waals surface area contributed by atoms with Gasteiger partial charge in [0, 0.05) is 42.6 Å². The highest BCUT2D eigenvalue weighted by Gasteiger charge is 2.22. The number of nitrogens with zero attached hydrogens (tertiary/aromatic N) is 2. The second-order valence-electron chi connectivity index (χ2n) is 7.57. The van der Waals surface area contributed by atoms with Crippen molar-refractivity contribution >= 4 is 6.21 Å². The van der Waals surface area contributed by atoms with Crippen LogP contribution in [-0.4, -0.2) is 42.3 Å². The van der Waals surface area contributed by atoms with Gasteiger partial charge in [0.15, 0.2) is 0 Å². The van der Waals surface area contributed by atoms with Gasteiger partial charge in [-0.2, -0.15) is 0 Å². The van der Waals surface area contributed by atoms with Crippen LogP contribution in [0.2, 0.25) is 0 Å². The average molecular weight is 436 g/mol. The van der Waals surface area contributed by atoms with Crippen LogP contribution in [-0.2, 0) is 0 Å². The number of hydrogen-bond donors (Lipinski definition) is 3. The molecule has 1 fully saturated rings. The van der Waals surface area contributed by atoms with Crippen molar-refractivity contribution in [3.63, 3.8) is 0 Å². The third-order valence-electron chi connectivity index (χ3n) is 4.89. The molecular weight excluding hydrogens is 394 g/mol. The van der Waals surface area contributed by atoms with E-state index in [9.17, 15) is 0 Å². The zero-order valence-electron chi connectivity index (χ0n) is 20.1. The standard InChI is InChI=1S/C14H22N2.C7H12N2.C6H7N/c1-5-8-13(6-2)11-15-12(3)14-9-7-10-16(14)4;1-3-4-7(5-8)6(2)9;1-6-3-2-4-7-5-6/h5-6,8,14-15H,1-3,7,9-11H2,4H3;3,5,8H,1,4,9H2,2H3;2-5H,1H3/b13-8+;7-6-,8-5?;.